The van der Waals surface area contributed by atoms with Crippen molar-refractivity contribution in [2.24, 2.45) is 5.92 Å². The van der Waals surface area contributed by atoms with Crippen LogP contribution in [0.4, 0.5) is 0 Å². The largest absolute Gasteiger partial charge is 0.393 e. The van der Waals surface area contributed by atoms with Gasteiger partial charge in [-0.2, -0.15) is 12.7 Å². The van der Waals surface area contributed by atoms with Gasteiger partial charge >= 0.3 is 0 Å². The van der Waals surface area contributed by atoms with Crippen LogP contribution in [-0.2, 0) is 10.2 Å². The zero-order valence-corrected chi connectivity index (χ0v) is 12.2. The van der Waals surface area contributed by atoms with Gasteiger partial charge in [-0.05, 0) is 25.2 Å². The Kier molecular flexibility index (Phi) is 6.55. The molecule has 2 N–H and O–H groups in total. The first-order valence-electron chi connectivity index (χ1n) is 6.86. The lowest BCUT2D eigenvalue weighted by Crippen LogP contribution is -2.43. The van der Waals surface area contributed by atoms with Crippen molar-refractivity contribution in [3.05, 3.63) is 0 Å². The molecule has 108 valence electrons. The normalized spacial score (nSPS) is 25.6. The number of aliphatic hydroxyl groups is 1. The average molecular weight is 278 g/mol. The van der Waals surface area contributed by atoms with Crippen molar-refractivity contribution in [1.82, 2.24) is 9.03 Å². The van der Waals surface area contributed by atoms with Gasteiger partial charge in [0.15, 0.2) is 0 Å². The fraction of sp³-hybridized carbons (Fsp3) is 1.00. The molecule has 6 heteroatoms. The number of aliphatic hydroxyl groups excluding tert-OH is 1. The molecule has 0 bridgehead atoms. The molecule has 0 aliphatic heterocycles. The Hall–Kier alpha value is -0.170. The Morgan fingerprint density at radius 2 is 2.00 bits per heavy atom. The van der Waals surface area contributed by atoms with Gasteiger partial charge in [0.2, 0.25) is 0 Å². The monoisotopic (exact) mass is 278 g/mol. The van der Waals surface area contributed by atoms with E-state index < -0.39 is 10.2 Å². The minimum atomic E-state index is -3.38. The summed E-state index contributed by atoms with van der Waals surface area (Å²) in [7, 11) is -1.79. The van der Waals surface area contributed by atoms with Crippen molar-refractivity contribution in [3.63, 3.8) is 0 Å². The molecular formula is C12H26N2O3S. The van der Waals surface area contributed by atoms with E-state index in [9.17, 15) is 13.5 Å². The number of unbranched alkanes of at least 4 members (excludes halogenated alkanes) is 1. The summed E-state index contributed by atoms with van der Waals surface area (Å²) in [5.41, 5.74) is 0. The van der Waals surface area contributed by atoms with Crippen LogP contribution in [0.1, 0.15) is 45.4 Å². The molecule has 1 aliphatic carbocycles. The molecule has 1 saturated carbocycles. The summed E-state index contributed by atoms with van der Waals surface area (Å²) in [6, 6.07) is 0. The molecule has 5 nitrogen and oxygen atoms in total. The lowest BCUT2D eigenvalue weighted by atomic mass is 9.87. The summed E-state index contributed by atoms with van der Waals surface area (Å²) in [6.07, 6.45) is 5.29. The van der Waals surface area contributed by atoms with Crippen LogP contribution in [0, 0.1) is 5.92 Å². The van der Waals surface area contributed by atoms with Gasteiger partial charge in [-0.15, -0.1) is 0 Å². The number of rotatable bonds is 7. The zero-order valence-electron chi connectivity index (χ0n) is 11.4. The van der Waals surface area contributed by atoms with E-state index in [0.29, 0.717) is 13.1 Å². The summed E-state index contributed by atoms with van der Waals surface area (Å²) < 4.78 is 27.8. The summed E-state index contributed by atoms with van der Waals surface area (Å²) in [4.78, 5) is 0. The van der Waals surface area contributed by atoms with Gasteiger partial charge in [0, 0.05) is 20.1 Å². The molecule has 0 amide bonds. The van der Waals surface area contributed by atoms with Crippen LogP contribution in [0.5, 0.6) is 0 Å². The lowest BCUT2D eigenvalue weighted by molar-refractivity contribution is 0.0723. The second kappa shape index (κ2) is 7.43. The minimum Gasteiger partial charge on any atom is -0.393 e. The summed E-state index contributed by atoms with van der Waals surface area (Å²) in [5.74, 6) is 0.0631. The summed E-state index contributed by atoms with van der Waals surface area (Å²) in [5, 5.41) is 9.80. The number of nitrogens with zero attached hydrogens (tertiary/aromatic N) is 1. The van der Waals surface area contributed by atoms with E-state index in [1.165, 1.54) is 4.31 Å². The topological polar surface area (TPSA) is 69.6 Å². The predicted molar refractivity (Wildman–Crippen MR) is 72.4 cm³/mol. The van der Waals surface area contributed by atoms with Gasteiger partial charge in [-0.3, -0.25) is 0 Å². The van der Waals surface area contributed by atoms with E-state index in [-0.39, 0.29) is 12.0 Å². The van der Waals surface area contributed by atoms with Crippen molar-refractivity contribution in [2.45, 2.75) is 51.6 Å². The Morgan fingerprint density at radius 1 is 1.33 bits per heavy atom. The molecule has 1 aliphatic rings. The van der Waals surface area contributed by atoms with E-state index in [4.69, 9.17) is 0 Å². The minimum absolute atomic E-state index is 0.0631. The Labute approximate surface area is 111 Å². The van der Waals surface area contributed by atoms with Crippen LogP contribution in [0.3, 0.4) is 0 Å². The fourth-order valence-electron chi connectivity index (χ4n) is 2.25. The molecule has 1 fully saturated rings. The molecule has 0 saturated heterocycles. The lowest BCUT2D eigenvalue weighted by Gasteiger charge is -2.28. The first kappa shape index (κ1) is 15.9. The van der Waals surface area contributed by atoms with Crippen LogP contribution in [0.15, 0.2) is 0 Å². The quantitative estimate of drug-likeness (QED) is 0.733. The maximum absolute atomic E-state index is 11.9. The molecule has 18 heavy (non-hydrogen) atoms. The van der Waals surface area contributed by atoms with Crippen molar-refractivity contribution >= 4 is 10.2 Å². The maximum atomic E-state index is 11.9. The summed E-state index contributed by atoms with van der Waals surface area (Å²) >= 11 is 0. The third-order valence-electron chi connectivity index (χ3n) is 3.63. The molecule has 0 aromatic heterocycles. The zero-order chi connectivity index (χ0) is 13.6. The van der Waals surface area contributed by atoms with E-state index in [1.54, 1.807) is 7.05 Å². The van der Waals surface area contributed by atoms with E-state index in [0.717, 1.165) is 38.5 Å². The van der Waals surface area contributed by atoms with Gasteiger partial charge < -0.3 is 5.11 Å². The second-order valence-electron chi connectivity index (χ2n) is 5.14. The summed E-state index contributed by atoms with van der Waals surface area (Å²) in [6.45, 7) is 2.92. The number of hydrogen-bond donors (Lipinski definition) is 2. The van der Waals surface area contributed by atoms with Crippen molar-refractivity contribution < 1.29 is 13.5 Å². The first-order chi connectivity index (χ1) is 8.47. The van der Waals surface area contributed by atoms with Crippen LogP contribution in [-0.4, -0.2) is 44.1 Å². The van der Waals surface area contributed by atoms with Gasteiger partial charge in [-0.1, -0.05) is 26.2 Å². The van der Waals surface area contributed by atoms with Crippen molar-refractivity contribution in [3.8, 4) is 0 Å². The number of nitrogens with one attached hydrogen (secondary N) is 1. The molecule has 1 rings (SSSR count). The molecular weight excluding hydrogens is 252 g/mol. The van der Waals surface area contributed by atoms with Gasteiger partial charge in [0.1, 0.15) is 0 Å². The van der Waals surface area contributed by atoms with E-state index >= 15 is 0 Å². The third-order valence-corrected chi connectivity index (χ3v) is 5.17. The van der Waals surface area contributed by atoms with Gasteiger partial charge in [0.25, 0.3) is 10.2 Å². The van der Waals surface area contributed by atoms with Crippen LogP contribution in [0.25, 0.3) is 0 Å². The van der Waals surface area contributed by atoms with E-state index in [2.05, 4.69) is 4.72 Å². The van der Waals surface area contributed by atoms with Crippen LogP contribution in [0.2, 0.25) is 0 Å². The highest BCUT2D eigenvalue weighted by Crippen LogP contribution is 2.23. The second-order valence-corrected chi connectivity index (χ2v) is 7.00. The molecule has 0 spiro atoms. The molecule has 0 heterocycles. The molecule has 2 unspecified atom stereocenters. The Balaban J connectivity index is 2.40. The Morgan fingerprint density at radius 3 is 2.61 bits per heavy atom. The van der Waals surface area contributed by atoms with Crippen molar-refractivity contribution in [1.29, 1.82) is 0 Å². The van der Waals surface area contributed by atoms with Gasteiger partial charge in [0.05, 0.1) is 6.10 Å². The smallest absolute Gasteiger partial charge is 0.279 e. The first-order valence-corrected chi connectivity index (χ1v) is 8.30. The third kappa shape index (κ3) is 4.84. The Bertz CT molecular complexity index is 332. The van der Waals surface area contributed by atoms with Crippen molar-refractivity contribution in [2.75, 3.05) is 20.1 Å². The maximum Gasteiger partial charge on any atom is 0.279 e. The molecule has 2 atom stereocenters. The molecule has 0 aromatic carbocycles. The standard InChI is InChI=1S/C12H26N2O3S/c1-3-4-9-14(2)18(16,17)13-10-11-7-5-6-8-12(11)15/h11-13,15H,3-10H2,1-2H3. The van der Waals surface area contributed by atoms with Crippen LogP contribution >= 0.6 is 0 Å². The highest BCUT2D eigenvalue weighted by Gasteiger charge is 2.25. The SMILES string of the molecule is CCCCN(C)S(=O)(=O)NCC1CCCCC1O. The van der Waals surface area contributed by atoms with Crippen LogP contribution < -0.4 is 4.72 Å². The van der Waals surface area contributed by atoms with Gasteiger partial charge in [-0.25, -0.2) is 4.72 Å². The molecule has 0 aromatic rings. The highest BCUT2D eigenvalue weighted by molar-refractivity contribution is 7.87. The van der Waals surface area contributed by atoms with E-state index in [1.807, 2.05) is 6.92 Å². The molecule has 0 radical (unpaired) electrons. The average Bonchev–Trinajstić information content (AvgIpc) is 2.35. The number of hydrogen-bond acceptors (Lipinski definition) is 3. The highest BCUT2D eigenvalue weighted by atomic mass is 32.2. The predicted octanol–water partition coefficient (Wildman–Crippen LogP) is 1.10. The fourth-order valence-corrected chi connectivity index (χ4v) is 3.26.